The number of thiophene rings is 1. The Kier molecular flexibility index (Phi) is 8.32. The molecule has 4 heterocycles. The minimum Gasteiger partial charge on any atom is -0.494 e. The fourth-order valence-corrected chi connectivity index (χ4v) is 6.05. The first kappa shape index (κ1) is 26.4. The summed E-state index contributed by atoms with van der Waals surface area (Å²) in [4.78, 5) is 25.7. The maximum Gasteiger partial charge on any atom is 0.252 e. The summed E-state index contributed by atoms with van der Waals surface area (Å²) in [5.74, 6) is 0.763. The van der Waals surface area contributed by atoms with Crippen molar-refractivity contribution < 1.29 is 9.47 Å². The van der Waals surface area contributed by atoms with Crippen molar-refractivity contribution in [2.24, 2.45) is 0 Å². The van der Waals surface area contributed by atoms with Gasteiger partial charge in [0.25, 0.3) is 5.56 Å². The lowest BCUT2D eigenvalue weighted by atomic mass is 10.2. The van der Waals surface area contributed by atoms with E-state index in [0.717, 1.165) is 67.8 Å². The highest BCUT2D eigenvalue weighted by Crippen LogP contribution is 2.31. The fraction of sp³-hybridized carbons (Fsp3) is 0.323. The number of hydrogen-bond acceptors (Lipinski definition) is 8. The van der Waals surface area contributed by atoms with Crippen LogP contribution in [0.1, 0.15) is 18.4 Å². The molecule has 0 unspecified atom stereocenters. The molecule has 8 nitrogen and oxygen atoms in total. The Morgan fingerprint density at radius 1 is 0.925 bits per heavy atom. The van der Waals surface area contributed by atoms with Gasteiger partial charge in [0.05, 0.1) is 18.7 Å². The third-order valence-electron chi connectivity index (χ3n) is 7.39. The second-order valence-corrected chi connectivity index (χ2v) is 11.0. The molecule has 1 fully saturated rings. The normalized spacial score (nSPS) is 14.2. The van der Waals surface area contributed by atoms with E-state index in [1.165, 1.54) is 22.1 Å². The Balaban J connectivity index is 0.967. The number of piperazine rings is 1. The summed E-state index contributed by atoms with van der Waals surface area (Å²) < 4.78 is 14.9. The van der Waals surface area contributed by atoms with Gasteiger partial charge >= 0.3 is 0 Å². The molecule has 40 heavy (non-hydrogen) atoms. The number of fused-ring (bicyclic) bond motifs is 2. The lowest BCUT2D eigenvalue weighted by molar-refractivity contribution is 0.0643. The van der Waals surface area contributed by atoms with Gasteiger partial charge in [0.15, 0.2) is 0 Å². The molecule has 0 atom stereocenters. The number of rotatable bonds is 11. The number of hydrogen-bond donors (Lipinski definition) is 0. The van der Waals surface area contributed by atoms with Crippen LogP contribution in [0.4, 0.5) is 5.69 Å². The van der Waals surface area contributed by atoms with Gasteiger partial charge in [0.1, 0.15) is 18.8 Å². The second kappa shape index (κ2) is 12.6. The van der Waals surface area contributed by atoms with Crippen LogP contribution in [0.25, 0.3) is 21.0 Å². The SMILES string of the molecule is O=c1ccc2ccc(OCCCCN3CCN(c4cccc5sccc45)CC3)cc2n1COCc1cncnc1. The highest BCUT2D eigenvalue weighted by molar-refractivity contribution is 7.17. The van der Waals surface area contributed by atoms with Crippen LogP contribution in [0.15, 0.2) is 83.5 Å². The molecule has 0 N–H and O–H groups in total. The zero-order chi connectivity index (χ0) is 27.1. The number of benzene rings is 2. The summed E-state index contributed by atoms with van der Waals surface area (Å²) in [6, 6.07) is 18.2. The molecule has 1 aliphatic heterocycles. The van der Waals surface area contributed by atoms with Crippen molar-refractivity contribution in [3.8, 4) is 5.75 Å². The van der Waals surface area contributed by atoms with Crippen LogP contribution in [0.2, 0.25) is 0 Å². The van der Waals surface area contributed by atoms with Crippen molar-refractivity contribution in [2.45, 2.75) is 26.2 Å². The van der Waals surface area contributed by atoms with Crippen LogP contribution >= 0.6 is 11.3 Å². The Hall–Kier alpha value is -3.79. The van der Waals surface area contributed by atoms with E-state index < -0.39 is 0 Å². The molecule has 3 aromatic heterocycles. The van der Waals surface area contributed by atoms with Crippen molar-refractivity contribution in [1.29, 1.82) is 0 Å². The van der Waals surface area contributed by atoms with E-state index in [9.17, 15) is 4.79 Å². The summed E-state index contributed by atoms with van der Waals surface area (Å²) in [5, 5.41) is 4.52. The monoisotopic (exact) mass is 555 g/mol. The molecule has 1 saturated heterocycles. The molecule has 0 aliphatic carbocycles. The second-order valence-electron chi connectivity index (χ2n) is 10.0. The zero-order valence-electron chi connectivity index (χ0n) is 22.4. The first-order chi connectivity index (χ1) is 19.7. The van der Waals surface area contributed by atoms with Crippen LogP contribution in [0.3, 0.4) is 0 Å². The van der Waals surface area contributed by atoms with Crippen molar-refractivity contribution in [2.75, 3.05) is 44.2 Å². The largest absolute Gasteiger partial charge is 0.494 e. The molecule has 2 aromatic carbocycles. The Labute approximate surface area is 237 Å². The molecular weight excluding hydrogens is 522 g/mol. The van der Waals surface area contributed by atoms with Gasteiger partial charge in [-0.25, -0.2) is 9.97 Å². The van der Waals surface area contributed by atoms with Crippen LogP contribution in [-0.4, -0.2) is 58.8 Å². The van der Waals surface area contributed by atoms with E-state index in [-0.39, 0.29) is 12.3 Å². The first-order valence-electron chi connectivity index (χ1n) is 13.8. The van der Waals surface area contributed by atoms with Gasteiger partial charge in [-0.05, 0) is 66.6 Å². The van der Waals surface area contributed by atoms with E-state index in [1.54, 1.807) is 23.0 Å². The maximum atomic E-state index is 12.6. The number of aromatic nitrogens is 3. The van der Waals surface area contributed by atoms with Gasteiger partial charge in [-0.15, -0.1) is 11.3 Å². The lowest BCUT2D eigenvalue weighted by Gasteiger charge is -2.36. The third-order valence-corrected chi connectivity index (χ3v) is 8.27. The van der Waals surface area contributed by atoms with Crippen LogP contribution in [0.5, 0.6) is 5.75 Å². The molecule has 1 aliphatic rings. The Morgan fingerprint density at radius 3 is 2.65 bits per heavy atom. The average molecular weight is 556 g/mol. The van der Waals surface area contributed by atoms with Crippen LogP contribution in [-0.2, 0) is 18.1 Å². The summed E-state index contributed by atoms with van der Waals surface area (Å²) >= 11 is 1.81. The van der Waals surface area contributed by atoms with Gasteiger partial charge in [0.2, 0.25) is 0 Å². The zero-order valence-corrected chi connectivity index (χ0v) is 23.3. The molecule has 0 spiro atoms. The Morgan fingerprint density at radius 2 is 1.77 bits per heavy atom. The molecular formula is C31H33N5O3S. The summed E-state index contributed by atoms with van der Waals surface area (Å²) in [7, 11) is 0. The van der Waals surface area contributed by atoms with E-state index in [2.05, 4.69) is 49.4 Å². The molecule has 9 heteroatoms. The van der Waals surface area contributed by atoms with Gasteiger partial charge in [-0.2, -0.15) is 0 Å². The average Bonchev–Trinajstić information content (AvgIpc) is 3.48. The van der Waals surface area contributed by atoms with Crippen molar-refractivity contribution in [1.82, 2.24) is 19.4 Å². The first-order valence-corrected chi connectivity index (χ1v) is 14.6. The number of pyridine rings is 1. The molecule has 0 saturated carbocycles. The summed E-state index contributed by atoms with van der Waals surface area (Å²) in [6.45, 7) is 6.50. The molecule has 206 valence electrons. The predicted octanol–water partition coefficient (Wildman–Crippen LogP) is 5.16. The van der Waals surface area contributed by atoms with Crippen molar-refractivity contribution in [3.63, 3.8) is 0 Å². The molecule has 6 rings (SSSR count). The molecule has 5 aromatic rings. The van der Waals surface area contributed by atoms with E-state index in [1.807, 2.05) is 35.6 Å². The fourth-order valence-electron chi connectivity index (χ4n) is 5.24. The van der Waals surface area contributed by atoms with E-state index >= 15 is 0 Å². The number of unbranched alkanes of at least 4 members (excludes halogenated alkanes) is 1. The van der Waals surface area contributed by atoms with Gasteiger partial charge in [0, 0.05) is 72.0 Å². The topological polar surface area (TPSA) is 72.7 Å². The number of anilines is 1. The Bertz CT molecular complexity index is 1610. The van der Waals surface area contributed by atoms with E-state index in [4.69, 9.17) is 9.47 Å². The lowest BCUT2D eigenvalue weighted by Crippen LogP contribution is -2.46. The quantitative estimate of drug-likeness (QED) is 0.209. The van der Waals surface area contributed by atoms with Crippen molar-refractivity contribution >= 4 is 38.0 Å². The van der Waals surface area contributed by atoms with Crippen LogP contribution in [0, 0.1) is 0 Å². The standard InChI is InChI=1S/C31H33N5O3S/c37-31-9-7-25-6-8-26(18-29(25)36(31)23-38-21-24-19-32-22-33-20-24)39-16-2-1-11-34-12-14-35(15-13-34)28-4-3-5-30-27(28)10-17-40-30/h3-10,17-20,22H,1-2,11-16,21,23H2. The molecule has 0 radical (unpaired) electrons. The molecule has 0 amide bonds. The van der Waals surface area contributed by atoms with E-state index in [0.29, 0.717) is 13.2 Å². The van der Waals surface area contributed by atoms with Crippen LogP contribution < -0.4 is 15.2 Å². The summed E-state index contributed by atoms with van der Waals surface area (Å²) in [6.07, 6.45) is 6.97. The third kappa shape index (κ3) is 6.17. The minimum atomic E-state index is -0.110. The molecule has 0 bridgehead atoms. The number of ether oxygens (including phenoxy) is 2. The highest BCUT2D eigenvalue weighted by atomic mass is 32.1. The smallest absolute Gasteiger partial charge is 0.252 e. The van der Waals surface area contributed by atoms with Crippen molar-refractivity contribution in [3.05, 3.63) is 94.6 Å². The van der Waals surface area contributed by atoms with Gasteiger partial charge in [-0.1, -0.05) is 6.07 Å². The minimum absolute atomic E-state index is 0.110. The van der Waals surface area contributed by atoms with Gasteiger partial charge < -0.3 is 14.4 Å². The number of nitrogens with zero attached hydrogens (tertiary/aromatic N) is 5. The van der Waals surface area contributed by atoms with Gasteiger partial charge in [-0.3, -0.25) is 14.3 Å². The summed E-state index contributed by atoms with van der Waals surface area (Å²) in [5.41, 5.74) is 2.91. The maximum absolute atomic E-state index is 12.6. The predicted molar refractivity (Wildman–Crippen MR) is 160 cm³/mol. The highest BCUT2D eigenvalue weighted by Gasteiger charge is 2.18.